The first-order chi connectivity index (χ1) is 13.8. The first-order valence-electron chi connectivity index (χ1n) is 8.91. The van der Waals surface area contributed by atoms with Gasteiger partial charge < -0.3 is 9.84 Å². The summed E-state index contributed by atoms with van der Waals surface area (Å²) in [6.07, 6.45) is 0. The zero-order valence-electron chi connectivity index (χ0n) is 15.8. The molecule has 0 aliphatic rings. The first kappa shape index (κ1) is 20.6. The van der Waals surface area contributed by atoms with E-state index < -0.39 is 28.1 Å². The molecule has 0 radical (unpaired) electrons. The second-order valence-corrected chi connectivity index (χ2v) is 8.30. The Morgan fingerprint density at radius 3 is 1.97 bits per heavy atom. The van der Waals surface area contributed by atoms with Gasteiger partial charge in [0.2, 0.25) is 10.0 Å². The maximum Gasteiger partial charge on any atom is 0.341 e. The van der Waals surface area contributed by atoms with Crippen LogP contribution in [-0.2, 0) is 20.4 Å². The van der Waals surface area contributed by atoms with Crippen LogP contribution in [-0.4, -0.2) is 26.1 Å². The Labute approximate surface area is 169 Å². The molecule has 2 N–H and O–H groups in total. The summed E-state index contributed by atoms with van der Waals surface area (Å²) in [6.45, 7) is 1.34. The summed E-state index contributed by atoms with van der Waals surface area (Å²) in [5, 5.41) is 8.74. The minimum absolute atomic E-state index is 0.170. The van der Waals surface area contributed by atoms with E-state index in [1.807, 2.05) is 30.3 Å². The molecule has 1 atom stereocenters. The minimum Gasteiger partial charge on any atom is -0.482 e. The van der Waals surface area contributed by atoms with Gasteiger partial charge in [-0.3, -0.25) is 0 Å². The van der Waals surface area contributed by atoms with E-state index in [2.05, 4.69) is 4.72 Å². The van der Waals surface area contributed by atoms with Crippen molar-refractivity contribution >= 4 is 16.0 Å². The number of ether oxygens (including phenoxy) is 1. The van der Waals surface area contributed by atoms with Gasteiger partial charge in [0.05, 0.1) is 10.4 Å². The van der Waals surface area contributed by atoms with Gasteiger partial charge in [-0.1, -0.05) is 60.7 Å². The van der Waals surface area contributed by atoms with Gasteiger partial charge in [0.15, 0.2) is 6.61 Å². The summed E-state index contributed by atoms with van der Waals surface area (Å²) in [5.74, 6) is -0.684. The third-order valence-corrected chi connectivity index (χ3v) is 6.11. The van der Waals surface area contributed by atoms with Crippen molar-refractivity contribution in [1.29, 1.82) is 0 Å². The third-order valence-electron chi connectivity index (χ3n) is 4.54. The molecule has 0 saturated heterocycles. The molecule has 29 heavy (non-hydrogen) atoms. The van der Waals surface area contributed by atoms with Crippen LogP contribution in [0.15, 0.2) is 89.8 Å². The van der Waals surface area contributed by atoms with E-state index in [-0.39, 0.29) is 4.90 Å². The Balaban J connectivity index is 2.00. The smallest absolute Gasteiger partial charge is 0.341 e. The predicted octanol–water partition coefficient (Wildman–Crippen LogP) is 3.39. The summed E-state index contributed by atoms with van der Waals surface area (Å²) >= 11 is 0. The van der Waals surface area contributed by atoms with E-state index in [1.165, 1.54) is 12.1 Å². The molecular formula is C22H21NO5S. The highest BCUT2D eigenvalue weighted by Crippen LogP contribution is 2.32. The summed E-state index contributed by atoms with van der Waals surface area (Å²) in [6, 6.07) is 24.1. The molecule has 0 fully saturated rings. The van der Waals surface area contributed by atoms with Gasteiger partial charge in [-0.2, -0.15) is 4.72 Å². The van der Waals surface area contributed by atoms with Gasteiger partial charge in [0, 0.05) is 0 Å². The van der Waals surface area contributed by atoms with Crippen LogP contribution in [0.2, 0.25) is 0 Å². The normalized spacial score (nSPS) is 13.4. The standard InChI is InChI=1S/C22H21NO5S/c1-22(17-8-4-2-5-9-17,23-29(26,27)20-10-6-3-7-11-20)18-12-14-19(15-13-18)28-16-21(24)25/h2-15,23H,16H2,1H3,(H,24,25). The summed E-state index contributed by atoms with van der Waals surface area (Å²) in [7, 11) is -3.80. The second-order valence-electron chi connectivity index (χ2n) is 6.62. The number of rotatable bonds is 8. The second kappa shape index (κ2) is 8.46. The molecule has 3 aromatic carbocycles. The van der Waals surface area contributed by atoms with E-state index >= 15 is 0 Å². The molecule has 0 amide bonds. The highest BCUT2D eigenvalue weighted by atomic mass is 32.2. The van der Waals surface area contributed by atoms with Crippen LogP contribution in [0, 0.1) is 0 Å². The number of hydrogen-bond donors (Lipinski definition) is 2. The number of benzene rings is 3. The van der Waals surface area contributed by atoms with Crippen LogP contribution in [0.25, 0.3) is 0 Å². The average Bonchev–Trinajstić information content (AvgIpc) is 2.73. The molecule has 0 aliphatic heterocycles. The van der Waals surface area contributed by atoms with Crippen molar-refractivity contribution in [2.24, 2.45) is 0 Å². The largest absolute Gasteiger partial charge is 0.482 e. The maximum absolute atomic E-state index is 13.0. The Morgan fingerprint density at radius 1 is 0.897 bits per heavy atom. The summed E-state index contributed by atoms with van der Waals surface area (Å²) in [4.78, 5) is 10.8. The summed E-state index contributed by atoms with van der Waals surface area (Å²) < 4.78 is 34.1. The molecule has 0 spiro atoms. The van der Waals surface area contributed by atoms with Gasteiger partial charge in [0.1, 0.15) is 5.75 Å². The molecule has 7 heteroatoms. The van der Waals surface area contributed by atoms with E-state index in [4.69, 9.17) is 9.84 Å². The fraction of sp³-hybridized carbons (Fsp3) is 0.136. The lowest BCUT2D eigenvalue weighted by Gasteiger charge is -2.32. The van der Waals surface area contributed by atoms with Gasteiger partial charge in [-0.25, -0.2) is 13.2 Å². The van der Waals surface area contributed by atoms with Crippen LogP contribution >= 0.6 is 0 Å². The Kier molecular flexibility index (Phi) is 6.00. The molecule has 3 rings (SSSR count). The first-order valence-corrected chi connectivity index (χ1v) is 10.4. The SMILES string of the molecule is CC(NS(=O)(=O)c1ccccc1)(c1ccccc1)c1ccc(OCC(=O)O)cc1. The Hall–Kier alpha value is -3.16. The zero-order valence-corrected chi connectivity index (χ0v) is 16.6. The number of carboxylic acid groups (broad SMARTS) is 1. The highest BCUT2D eigenvalue weighted by Gasteiger charge is 2.34. The lowest BCUT2D eigenvalue weighted by molar-refractivity contribution is -0.139. The van der Waals surface area contributed by atoms with Crippen LogP contribution < -0.4 is 9.46 Å². The van der Waals surface area contributed by atoms with Crippen molar-refractivity contribution in [3.63, 3.8) is 0 Å². The Morgan fingerprint density at radius 2 is 1.41 bits per heavy atom. The van der Waals surface area contributed by atoms with Crippen molar-refractivity contribution in [2.45, 2.75) is 17.4 Å². The van der Waals surface area contributed by atoms with E-state index in [1.54, 1.807) is 49.4 Å². The average molecular weight is 411 g/mol. The predicted molar refractivity (Wildman–Crippen MR) is 109 cm³/mol. The minimum atomic E-state index is -3.80. The van der Waals surface area contributed by atoms with Crippen molar-refractivity contribution in [3.05, 3.63) is 96.1 Å². The van der Waals surface area contributed by atoms with E-state index in [0.717, 1.165) is 5.56 Å². The lowest BCUT2D eigenvalue weighted by atomic mass is 9.86. The van der Waals surface area contributed by atoms with Crippen molar-refractivity contribution < 1.29 is 23.1 Å². The molecule has 0 bridgehead atoms. The molecule has 0 aromatic heterocycles. The van der Waals surface area contributed by atoms with Crippen molar-refractivity contribution in [2.75, 3.05) is 6.61 Å². The number of aliphatic carboxylic acids is 1. The van der Waals surface area contributed by atoms with Gasteiger partial charge in [0.25, 0.3) is 0 Å². The fourth-order valence-corrected chi connectivity index (χ4v) is 4.42. The number of hydrogen-bond acceptors (Lipinski definition) is 4. The number of sulfonamides is 1. The molecule has 150 valence electrons. The van der Waals surface area contributed by atoms with Crippen LogP contribution in [0.5, 0.6) is 5.75 Å². The lowest BCUT2D eigenvalue weighted by Crippen LogP contribution is -2.44. The van der Waals surface area contributed by atoms with Crippen molar-refractivity contribution in [1.82, 2.24) is 4.72 Å². The highest BCUT2D eigenvalue weighted by molar-refractivity contribution is 7.89. The molecule has 1 unspecified atom stereocenters. The molecule has 0 heterocycles. The van der Waals surface area contributed by atoms with Crippen molar-refractivity contribution in [3.8, 4) is 5.75 Å². The number of carbonyl (C=O) groups is 1. The molecule has 0 saturated carbocycles. The molecular weight excluding hydrogens is 390 g/mol. The molecule has 3 aromatic rings. The quantitative estimate of drug-likeness (QED) is 0.593. The summed E-state index contributed by atoms with van der Waals surface area (Å²) in [5.41, 5.74) is 0.394. The van der Waals surface area contributed by atoms with E-state index in [0.29, 0.717) is 11.3 Å². The van der Waals surface area contributed by atoms with Crippen LogP contribution in [0.1, 0.15) is 18.1 Å². The monoisotopic (exact) mass is 411 g/mol. The zero-order chi connectivity index (χ0) is 20.9. The number of nitrogens with one attached hydrogen (secondary N) is 1. The molecule has 0 aliphatic carbocycles. The topological polar surface area (TPSA) is 92.7 Å². The fourth-order valence-electron chi connectivity index (χ4n) is 3.01. The number of carboxylic acids is 1. The Bertz CT molecular complexity index is 1070. The third kappa shape index (κ3) is 4.82. The van der Waals surface area contributed by atoms with Gasteiger partial charge in [-0.05, 0) is 42.3 Å². The van der Waals surface area contributed by atoms with Crippen LogP contribution in [0.4, 0.5) is 0 Å². The maximum atomic E-state index is 13.0. The van der Waals surface area contributed by atoms with Crippen LogP contribution in [0.3, 0.4) is 0 Å². The molecule has 6 nitrogen and oxygen atoms in total. The van der Waals surface area contributed by atoms with E-state index in [9.17, 15) is 13.2 Å². The van der Waals surface area contributed by atoms with Gasteiger partial charge in [-0.15, -0.1) is 0 Å². The van der Waals surface area contributed by atoms with Gasteiger partial charge >= 0.3 is 5.97 Å².